The zero-order chi connectivity index (χ0) is 9.07. The van der Waals surface area contributed by atoms with Crippen molar-refractivity contribution in [2.24, 2.45) is 5.41 Å². The molecule has 11 heavy (non-hydrogen) atoms. The van der Waals surface area contributed by atoms with E-state index < -0.39 is 24.6 Å². The van der Waals surface area contributed by atoms with Crippen molar-refractivity contribution >= 4 is 5.97 Å². The number of ether oxygens (including phenoxy) is 1. The van der Waals surface area contributed by atoms with E-state index >= 15 is 0 Å². The van der Waals surface area contributed by atoms with Crippen LogP contribution in [-0.2, 0) is 9.53 Å². The molecule has 5 heteroatoms. The third kappa shape index (κ3) is 3.87. The van der Waals surface area contributed by atoms with Gasteiger partial charge in [0.2, 0.25) is 0 Å². The second-order valence-corrected chi connectivity index (χ2v) is 2.76. The van der Waals surface area contributed by atoms with E-state index in [-0.39, 0.29) is 0 Å². The standard InChI is InChI=1S/C6H10F2O3/c1-6(2,4(9)10)3-11-5(7)8/h5H,3H2,1-2H3,(H,9,10). The quantitative estimate of drug-likeness (QED) is 0.688. The molecule has 0 aliphatic rings. The minimum atomic E-state index is -2.91. The molecule has 0 bridgehead atoms. The van der Waals surface area contributed by atoms with Crippen LogP contribution >= 0.6 is 0 Å². The van der Waals surface area contributed by atoms with E-state index in [0.717, 1.165) is 0 Å². The lowest BCUT2D eigenvalue weighted by molar-refractivity contribution is -0.169. The second-order valence-electron chi connectivity index (χ2n) is 2.76. The number of alkyl halides is 2. The Morgan fingerprint density at radius 3 is 2.36 bits per heavy atom. The molecule has 0 aromatic rings. The number of hydrogen-bond donors (Lipinski definition) is 1. The molecular weight excluding hydrogens is 158 g/mol. The highest BCUT2D eigenvalue weighted by Gasteiger charge is 2.28. The van der Waals surface area contributed by atoms with E-state index in [9.17, 15) is 13.6 Å². The summed E-state index contributed by atoms with van der Waals surface area (Å²) in [7, 11) is 0. The molecule has 0 aliphatic carbocycles. The summed E-state index contributed by atoms with van der Waals surface area (Å²) >= 11 is 0. The largest absolute Gasteiger partial charge is 0.481 e. The maximum Gasteiger partial charge on any atom is 0.345 e. The zero-order valence-corrected chi connectivity index (χ0v) is 6.30. The highest BCUT2D eigenvalue weighted by atomic mass is 19.3. The van der Waals surface area contributed by atoms with Crippen molar-refractivity contribution in [1.29, 1.82) is 0 Å². The third-order valence-corrected chi connectivity index (χ3v) is 1.15. The topological polar surface area (TPSA) is 46.5 Å². The van der Waals surface area contributed by atoms with Gasteiger partial charge in [-0.1, -0.05) is 0 Å². The first-order valence-electron chi connectivity index (χ1n) is 2.99. The van der Waals surface area contributed by atoms with Crippen molar-refractivity contribution in [1.82, 2.24) is 0 Å². The van der Waals surface area contributed by atoms with Gasteiger partial charge in [-0.05, 0) is 13.8 Å². The molecule has 0 aromatic carbocycles. The van der Waals surface area contributed by atoms with Gasteiger partial charge in [0.25, 0.3) is 0 Å². The Morgan fingerprint density at radius 2 is 2.09 bits per heavy atom. The number of aliphatic carboxylic acids is 1. The molecule has 3 nitrogen and oxygen atoms in total. The number of carboxylic acid groups (broad SMARTS) is 1. The maximum absolute atomic E-state index is 11.4. The second kappa shape index (κ2) is 3.61. The van der Waals surface area contributed by atoms with Crippen LogP contribution in [0.5, 0.6) is 0 Å². The molecule has 0 fully saturated rings. The van der Waals surface area contributed by atoms with E-state index in [4.69, 9.17) is 5.11 Å². The summed E-state index contributed by atoms with van der Waals surface area (Å²) in [5.74, 6) is -1.15. The number of carboxylic acids is 1. The molecule has 0 amide bonds. The van der Waals surface area contributed by atoms with Gasteiger partial charge < -0.3 is 9.84 Å². The lowest BCUT2D eigenvalue weighted by atomic mass is 9.95. The molecule has 0 rings (SSSR count). The summed E-state index contributed by atoms with van der Waals surface area (Å²) in [5.41, 5.74) is -1.25. The summed E-state index contributed by atoms with van der Waals surface area (Å²) in [5, 5.41) is 8.43. The Kier molecular flexibility index (Phi) is 3.38. The number of hydrogen-bond acceptors (Lipinski definition) is 2. The molecule has 0 unspecified atom stereocenters. The van der Waals surface area contributed by atoms with Crippen LogP contribution in [0.3, 0.4) is 0 Å². The van der Waals surface area contributed by atoms with E-state index in [1.165, 1.54) is 13.8 Å². The average Bonchev–Trinajstić information content (AvgIpc) is 1.84. The highest BCUT2D eigenvalue weighted by molar-refractivity contribution is 5.73. The van der Waals surface area contributed by atoms with Crippen molar-refractivity contribution in [2.45, 2.75) is 20.5 Å². The molecule has 0 aromatic heterocycles. The van der Waals surface area contributed by atoms with Gasteiger partial charge in [-0.25, -0.2) is 0 Å². The third-order valence-electron chi connectivity index (χ3n) is 1.15. The van der Waals surface area contributed by atoms with Crippen molar-refractivity contribution in [3.05, 3.63) is 0 Å². The minimum Gasteiger partial charge on any atom is -0.481 e. The van der Waals surface area contributed by atoms with E-state index in [1.807, 2.05) is 0 Å². The monoisotopic (exact) mass is 168 g/mol. The molecule has 0 heterocycles. The smallest absolute Gasteiger partial charge is 0.345 e. The normalized spacial score (nSPS) is 12.1. The fraction of sp³-hybridized carbons (Fsp3) is 0.833. The molecule has 0 atom stereocenters. The Hall–Kier alpha value is -0.710. The van der Waals surface area contributed by atoms with Crippen LogP contribution in [0.2, 0.25) is 0 Å². The highest BCUT2D eigenvalue weighted by Crippen LogP contribution is 2.16. The van der Waals surface area contributed by atoms with Crippen LogP contribution in [0, 0.1) is 5.41 Å². The maximum atomic E-state index is 11.4. The molecule has 1 N–H and O–H groups in total. The molecule has 0 spiro atoms. The summed E-state index contributed by atoms with van der Waals surface area (Å²) in [4.78, 5) is 10.3. The molecule has 0 saturated carbocycles. The first kappa shape index (κ1) is 10.3. The summed E-state index contributed by atoms with van der Waals surface area (Å²) in [6.45, 7) is -0.760. The summed E-state index contributed by atoms with van der Waals surface area (Å²) < 4.78 is 26.7. The lowest BCUT2D eigenvalue weighted by Gasteiger charge is -2.17. The van der Waals surface area contributed by atoms with E-state index in [0.29, 0.717) is 0 Å². The van der Waals surface area contributed by atoms with Gasteiger partial charge in [-0.3, -0.25) is 4.79 Å². The van der Waals surface area contributed by atoms with Gasteiger partial charge in [-0.2, -0.15) is 8.78 Å². The fourth-order valence-corrected chi connectivity index (χ4v) is 0.333. The van der Waals surface area contributed by atoms with Crippen molar-refractivity contribution in [3.8, 4) is 0 Å². The summed E-state index contributed by atoms with van der Waals surface area (Å²) in [6, 6.07) is 0. The van der Waals surface area contributed by atoms with E-state index in [2.05, 4.69) is 4.74 Å². The van der Waals surface area contributed by atoms with Crippen LogP contribution in [0.15, 0.2) is 0 Å². The number of carbonyl (C=O) groups is 1. The van der Waals surface area contributed by atoms with Crippen molar-refractivity contribution < 1.29 is 23.4 Å². The first-order valence-corrected chi connectivity index (χ1v) is 2.99. The van der Waals surface area contributed by atoms with Gasteiger partial charge in [0.05, 0.1) is 12.0 Å². The van der Waals surface area contributed by atoms with E-state index in [1.54, 1.807) is 0 Å². The van der Waals surface area contributed by atoms with Gasteiger partial charge >= 0.3 is 12.6 Å². The molecular formula is C6H10F2O3. The number of rotatable bonds is 4. The van der Waals surface area contributed by atoms with Crippen LogP contribution < -0.4 is 0 Å². The Balaban J connectivity index is 3.83. The number of halogens is 2. The molecule has 0 saturated heterocycles. The molecule has 0 radical (unpaired) electrons. The zero-order valence-electron chi connectivity index (χ0n) is 6.30. The molecule has 66 valence electrons. The van der Waals surface area contributed by atoms with Crippen molar-refractivity contribution in [3.63, 3.8) is 0 Å². The van der Waals surface area contributed by atoms with Gasteiger partial charge in [0.1, 0.15) is 0 Å². The van der Waals surface area contributed by atoms with Crippen LogP contribution in [0.4, 0.5) is 8.78 Å². The SMILES string of the molecule is CC(C)(COC(F)F)C(=O)O. The summed E-state index contributed by atoms with van der Waals surface area (Å²) in [6.07, 6.45) is 0. The lowest BCUT2D eigenvalue weighted by Crippen LogP contribution is -2.30. The predicted molar refractivity (Wildman–Crippen MR) is 33.4 cm³/mol. The van der Waals surface area contributed by atoms with Crippen molar-refractivity contribution in [2.75, 3.05) is 6.61 Å². The Bertz CT molecular complexity index is 145. The molecule has 0 aliphatic heterocycles. The van der Waals surface area contributed by atoms with Gasteiger partial charge in [0, 0.05) is 0 Å². The fourth-order valence-electron chi connectivity index (χ4n) is 0.333. The van der Waals surface area contributed by atoms with Gasteiger partial charge in [0.15, 0.2) is 0 Å². The Labute approximate surface area is 63.0 Å². The Morgan fingerprint density at radius 1 is 1.64 bits per heavy atom. The van der Waals surface area contributed by atoms with Crippen LogP contribution in [0.1, 0.15) is 13.8 Å². The predicted octanol–water partition coefficient (Wildman–Crippen LogP) is 1.34. The van der Waals surface area contributed by atoms with Gasteiger partial charge in [-0.15, -0.1) is 0 Å². The van der Waals surface area contributed by atoms with Crippen LogP contribution in [0.25, 0.3) is 0 Å². The first-order chi connectivity index (χ1) is 4.86. The average molecular weight is 168 g/mol. The minimum absolute atomic E-state index is 0.486. The van der Waals surface area contributed by atoms with Crippen LogP contribution in [-0.4, -0.2) is 24.3 Å².